The summed E-state index contributed by atoms with van der Waals surface area (Å²) in [6.07, 6.45) is 3.66. The van der Waals surface area contributed by atoms with Gasteiger partial charge in [-0.2, -0.15) is 5.10 Å². The van der Waals surface area contributed by atoms with E-state index in [2.05, 4.69) is 26.3 Å². The highest BCUT2D eigenvalue weighted by Crippen LogP contribution is 2.33. The Hall–Kier alpha value is -2.03. The van der Waals surface area contributed by atoms with Gasteiger partial charge in [-0.25, -0.2) is 9.67 Å². The van der Waals surface area contributed by atoms with Gasteiger partial charge in [-0.1, -0.05) is 28.1 Å². The molecule has 2 aromatic rings. The molecule has 27 heavy (non-hydrogen) atoms. The molecule has 1 aliphatic heterocycles. The molecule has 0 spiro atoms. The van der Waals surface area contributed by atoms with Gasteiger partial charge >= 0.3 is 0 Å². The van der Waals surface area contributed by atoms with Gasteiger partial charge in [-0.15, -0.1) is 0 Å². The van der Waals surface area contributed by atoms with Crippen LogP contribution in [-0.4, -0.2) is 39.8 Å². The Kier molecular flexibility index (Phi) is 6.41. The quantitative estimate of drug-likeness (QED) is 0.480. The molecule has 1 aliphatic rings. The minimum absolute atomic E-state index is 0.321. The number of carbonyl (C=O) groups excluding carboxylic acids is 1. The van der Waals surface area contributed by atoms with E-state index in [1.807, 2.05) is 19.1 Å². The molecular weight excluding hydrogens is 408 g/mol. The first kappa shape index (κ1) is 19.7. The van der Waals surface area contributed by atoms with E-state index in [0.717, 1.165) is 42.8 Å². The summed E-state index contributed by atoms with van der Waals surface area (Å²) in [5.74, 6) is 0.613. The van der Waals surface area contributed by atoms with Gasteiger partial charge in [0, 0.05) is 34.6 Å². The number of nitrogens with one attached hydrogen (secondary N) is 1. The lowest BCUT2D eigenvalue weighted by Gasteiger charge is -2.24. The standard InChI is InChI=1S/C19H25BrN6O/c1-12(21)26-19(25-17(9-20)15-6-3-7-23-10-15)16(11-24-26)13-4-2-5-14(8-13)18(22)27/h2,4-5,8,11-12,15,23H,3,6-7,9-10,21H2,1H3,(H2,22,27). The number of nitrogens with zero attached hydrogens (tertiary/aromatic N) is 3. The number of hydrogen-bond donors (Lipinski definition) is 3. The molecule has 1 aromatic carbocycles. The summed E-state index contributed by atoms with van der Waals surface area (Å²) < 4.78 is 1.71. The average molecular weight is 433 g/mol. The number of benzene rings is 1. The highest BCUT2D eigenvalue weighted by atomic mass is 79.9. The van der Waals surface area contributed by atoms with E-state index in [0.29, 0.717) is 22.6 Å². The number of amides is 1. The van der Waals surface area contributed by atoms with Crippen molar-refractivity contribution in [2.45, 2.75) is 25.9 Å². The minimum atomic E-state index is -0.462. The van der Waals surface area contributed by atoms with Crippen molar-refractivity contribution in [3.63, 3.8) is 0 Å². The van der Waals surface area contributed by atoms with Crippen molar-refractivity contribution in [1.82, 2.24) is 15.1 Å². The maximum absolute atomic E-state index is 11.6. The lowest BCUT2D eigenvalue weighted by Crippen LogP contribution is -2.35. The summed E-state index contributed by atoms with van der Waals surface area (Å²) in [5, 5.41) is 8.55. The lowest BCUT2D eigenvalue weighted by atomic mass is 9.95. The molecule has 8 heteroatoms. The van der Waals surface area contributed by atoms with Crippen molar-refractivity contribution in [3.05, 3.63) is 36.0 Å². The zero-order chi connectivity index (χ0) is 19.4. The van der Waals surface area contributed by atoms with Crippen LogP contribution in [0.25, 0.3) is 11.1 Å². The van der Waals surface area contributed by atoms with Crippen LogP contribution < -0.4 is 16.8 Å². The minimum Gasteiger partial charge on any atom is -0.366 e. The van der Waals surface area contributed by atoms with Gasteiger partial charge in [0.2, 0.25) is 5.91 Å². The zero-order valence-corrected chi connectivity index (χ0v) is 16.9. The highest BCUT2D eigenvalue weighted by molar-refractivity contribution is 9.09. The van der Waals surface area contributed by atoms with Gasteiger partial charge in [-0.05, 0) is 44.0 Å². The molecule has 1 aromatic heterocycles. The SMILES string of the molecule is CC(N)n1ncc(-c2cccc(C(N)=O)c2)c1N=C(CBr)C1CCCNC1. The molecule has 1 saturated heterocycles. The molecule has 2 heterocycles. The van der Waals surface area contributed by atoms with Crippen molar-refractivity contribution >= 4 is 33.4 Å². The Labute approximate surface area is 167 Å². The summed E-state index contributed by atoms with van der Waals surface area (Å²) >= 11 is 3.59. The smallest absolute Gasteiger partial charge is 0.248 e. The third kappa shape index (κ3) is 4.45. The first-order valence-corrected chi connectivity index (χ1v) is 10.2. The van der Waals surface area contributed by atoms with Crippen molar-refractivity contribution in [2.75, 3.05) is 18.4 Å². The van der Waals surface area contributed by atoms with E-state index in [1.54, 1.807) is 23.0 Å². The Morgan fingerprint density at radius 2 is 2.33 bits per heavy atom. The fraction of sp³-hybridized carbons (Fsp3) is 0.421. The number of rotatable bonds is 6. The normalized spacial score (nSPS) is 19.1. The molecule has 2 atom stereocenters. The van der Waals surface area contributed by atoms with Crippen molar-refractivity contribution in [1.29, 1.82) is 0 Å². The first-order chi connectivity index (χ1) is 13.0. The summed E-state index contributed by atoms with van der Waals surface area (Å²) in [6.45, 7) is 3.84. The number of aliphatic imine (C=N–C) groups is 1. The number of nitrogens with two attached hydrogens (primary N) is 2. The average Bonchev–Trinajstić information content (AvgIpc) is 3.10. The van der Waals surface area contributed by atoms with Crippen LogP contribution in [0.1, 0.15) is 36.3 Å². The lowest BCUT2D eigenvalue weighted by molar-refractivity contribution is 0.100. The van der Waals surface area contributed by atoms with Crippen molar-refractivity contribution < 1.29 is 4.79 Å². The fourth-order valence-corrected chi connectivity index (χ4v) is 3.89. The van der Waals surface area contributed by atoms with E-state index < -0.39 is 5.91 Å². The Bertz CT molecular complexity index is 838. The van der Waals surface area contributed by atoms with Crippen molar-refractivity contribution in [3.8, 4) is 11.1 Å². The second kappa shape index (κ2) is 8.77. The second-order valence-electron chi connectivity index (χ2n) is 6.79. The van der Waals surface area contributed by atoms with Crippen LogP contribution in [-0.2, 0) is 0 Å². The molecule has 1 fully saturated rings. The molecule has 144 valence electrons. The van der Waals surface area contributed by atoms with Crippen LogP contribution in [0, 0.1) is 5.92 Å². The van der Waals surface area contributed by atoms with Crippen LogP contribution in [0.3, 0.4) is 0 Å². The third-order valence-corrected chi connectivity index (χ3v) is 5.34. The van der Waals surface area contributed by atoms with E-state index in [4.69, 9.17) is 16.5 Å². The Morgan fingerprint density at radius 3 is 2.96 bits per heavy atom. The number of alkyl halides is 1. The zero-order valence-electron chi connectivity index (χ0n) is 15.4. The summed E-state index contributed by atoms with van der Waals surface area (Å²) in [7, 11) is 0. The van der Waals surface area contributed by atoms with Crippen LogP contribution in [0.4, 0.5) is 5.82 Å². The predicted octanol–water partition coefficient (Wildman–Crippen LogP) is 2.59. The van der Waals surface area contributed by atoms with Gasteiger partial charge in [0.15, 0.2) is 5.82 Å². The van der Waals surface area contributed by atoms with Gasteiger partial charge in [0.05, 0.1) is 12.4 Å². The molecule has 3 rings (SSSR count). The molecule has 2 unspecified atom stereocenters. The molecule has 7 nitrogen and oxygen atoms in total. The molecule has 1 amide bonds. The summed E-state index contributed by atoms with van der Waals surface area (Å²) in [6, 6.07) is 7.19. The topological polar surface area (TPSA) is 111 Å². The van der Waals surface area contributed by atoms with E-state index in [1.165, 1.54) is 0 Å². The van der Waals surface area contributed by atoms with Crippen LogP contribution in [0.15, 0.2) is 35.5 Å². The van der Waals surface area contributed by atoms with E-state index in [9.17, 15) is 4.79 Å². The molecule has 0 radical (unpaired) electrons. The van der Waals surface area contributed by atoms with Gasteiger partial charge in [0.1, 0.15) is 0 Å². The third-order valence-electron chi connectivity index (χ3n) is 4.77. The number of aromatic nitrogens is 2. The maximum Gasteiger partial charge on any atom is 0.248 e. The number of hydrogen-bond acceptors (Lipinski definition) is 5. The Morgan fingerprint density at radius 1 is 1.52 bits per heavy atom. The van der Waals surface area contributed by atoms with E-state index in [-0.39, 0.29) is 6.17 Å². The largest absolute Gasteiger partial charge is 0.366 e. The predicted molar refractivity (Wildman–Crippen MR) is 112 cm³/mol. The van der Waals surface area contributed by atoms with Gasteiger partial charge in [-0.3, -0.25) is 4.79 Å². The van der Waals surface area contributed by atoms with Crippen LogP contribution in [0.5, 0.6) is 0 Å². The maximum atomic E-state index is 11.6. The van der Waals surface area contributed by atoms with Crippen LogP contribution in [0.2, 0.25) is 0 Å². The first-order valence-electron chi connectivity index (χ1n) is 9.08. The van der Waals surface area contributed by atoms with Crippen molar-refractivity contribution in [2.24, 2.45) is 22.4 Å². The second-order valence-corrected chi connectivity index (χ2v) is 7.35. The van der Waals surface area contributed by atoms with Crippen LogP contribution >= 0.6 is 15.9 Å². The van der Waals surface area contributed by atoms with Gasteiger partial charge in [0.25, 0.3) is 0 Å². The number of halogens is 1. The summed E-state index contributed by atoms with van der Waals surface area (Å²) in [4.78, 5) is 16.5. The monoisotopic (exact) mass is 432 g/mol. The Balaban J connectivity index is 2.08. The van der Waals surface area contributed by atoms with E-state index >= 15 is 0 Å². The number of carbonyl (C=O) groups is 1. The van der Waals surface area contributed by atoms with Gasteiger partial charge < -0.3 is 16.8 Å². The molecule has 0 aliphatic carbocycles. The number of piperidine rings is 1. The molecular formula is C19H25BrN6O. The summed E-state index contributed by atoms with van der Waals surface area (Å²) in [5.41, 5.74) is 14.7. The molecule has 0 saturated carbocycles. The molecule has 5 N–H and O–H groups in total. The number of primary amides is 1. The molecule has 0 bridgehead atoms. The fourth-order valence-electron chi connectivity index (χ4n) is 3.31. The highest BCUT2D eigenvalue weighted by Gasteiger charge is 2.21.